The molecule has 0 atom stereocenters. The maximum Gasteiger partial charge on any atom is 0.337 e. The van der Waals surface area contributed by atoms with Gasteiger partial charge < -0.3 is 10.4 Å². The maximum atomic E-state index is 12.7. The minimum absolute atomic E-state index is 0.00307. The van der Waals surface area contributed by atoms with Crippen molar-refractivity contribution in [3.63, 3.8) is 0 Å². The minimum Gasteiger partial charge on any atom is -0.478 e. The van der Waals surface area contributed by atoms with E-state index in [0.717, 1.165) is 17.8 Å². The lowest BCUT2D eigenvalue weighted by Crippen LogP contribution is -2.16. The number of carbonyl (C=O) groups is 2. The van der Waals surface area contributed by atoms with Crippen molar-refractivity contribution >= 4 is 17.6 Å². The van der Waals surface area contributed by atoms with Crippen LogP contribution in [0.5, 0.6) is 0 Å². The molecule has 0 aliphatic heterocycles. The van der Waals surface area contributed by atoms with Gasteiger partial charge >= 0.3 is 5.97 Å². The lowest BCUT2D eigenvalue weighted by molar-refractivity contribution is 0.0698. The second-order valence-electron chi connectivity index (χ2n) is 4.17. The Kier molecular flexibility index (Phi) is 3.74. The molecule has 0 saturated carbocycles. The zero-order chi connectivity index (χ0) is 14.7. The Balaban J connectivity index is 2.28. The molecule has 1 heterocycles. The fraction of sp³-hybridized carbons (Fsp3) is 0.0714. The summed E-state index contributed by atoms with van der Waals surface area (Å²) in [5, 5.41) is 11.5. The van der Waals surface area contributed by atoms with Crippen molar-refractivity contribution in [3.8, 4) is 0 Å². The van der Waals surface area contributed by atoms with Crippen molar-refractivity contribution in [1.82, 2.24) is 4.98 Å². The van der Waals surface area contributed by atoms with Gasteiger partial charge in [0.25, 0.3) is 5.91 Å². The van der Waals surface area contributed by atoms with E-state index in [9.17, 15) is 14.0 Å². The number of benzene rings is 1. The molecule has 0 unspecified atom stereocenters. The Morgan fingerprint density at radius 1 is 1.25 bits per heavy atom. The van der Waals surface area contributed by atoms with E-state index in [2.05, 4.69) is 10.3 Å². The third-order valence-corrected chi connectivity index (χ3v) is 2.61. The minimum atomic E-state index is -1.14. The molecule has 1 aromatic heterocycles. The first-order valence-electron chi connectivity index (χ1n) is 5.74. The highest BCUT2D eigenvalue weighted by atomic mass is 19.1. The van der Waals surface area contributed by atoms with Crippen LogP contribution < -0.4 is 5.32 Å². The lowest BCUT2D eigenvalue weighted by atomic mass is 10.1. The van der Waals surface area contributed by atoms with Crippen LogP contribution in [-0.2, 0) is 0 Å². The second-order valence-corrected chi connectivity index (χ2v) is 4.17. The molecule has 2 N–H and O–H groups in total. The molecule has 102 valence electrons. The van der Waals surface area contributed by atoms with E-state index in [0.29, 0.717) is 0 Å². The summed E-state index contributed by atoms with van der Waals surface area (Å²) in [4.78, 5) is 26.6. The topological polar surface area (TPSA) is 79.3 Å². The predicted octanol–water partition coefficient (Wildman–Crippen LogP) is 2.48. The van der Waals surface area contributed by atoms with Gasteiger partial charge in [0.15, 0.2) is 0 Å². The van der Waals surface area contributed by atoms with Gasteiger partial charge in [-0.1, -0.05) is 11.6 Å². The quantitative estimate of drug-likeness (QED) is 0.901. The van der Waals surface area contributed by atoms with Gasteiger partial charge in [-0.05, 0) is 31.2 Å². The number of halogens is 1. The van der Waals surface area contributed by atoms with E-state index < -0.39 is 17.7 Å². The molecule has 1 aromatic carbocycles. The van der Waals surface area contributed by atoms with Gasteiger partial charge in [-0.2, -0.15) is 0 Å². The number of aromatic carboxylic acids is 1. The van der Waals surface area contributed by atoms with Crippen LogP contribution in [0.3, 0.4) is 0 Å². The normalized spacial score (nSPS) is 10.1. The molecule has 20 heavy (non-hydrogen) atoms. The van der Waals surface area contributed by atoms with E-state index in [1.165, 1.54) is 18.2 Å². The van der Waals surface area contributed by atoms with Crippen LogP contribution in [0.2, 0.25) is 0 Å². The lowest BCUT2D eigenvalue weighted by Gasteiger charge is -2.08. The Labute approximate surface area is 114 Å². The average molecular weight is 274 g/mol. The largest absolute Gasteiger partial charge is 0.478 e. The summed E-state index contributed by atoms with van der Waals surface area (Å²) in [6.07, 6.45) is 0.919. The molecular weight excluding hydrogens is 263 g/mol. The predicted molar refractivity (Wildman–Crippen MR) is 70.3 cm³/mol. The number of anilines is 1. The van der Waals surface area contributed by atoms with Crippen LogP contribution in [0.15, 0.2) is 36.5 Å². The smallest absolute Gasteiger partial charge is 0.337 e. The molecule has 2 rings (SSSR count). The summed E-state index contributed by atoms with van der Waals surface area (Å²) >= 11 is 0. The summed E-state index contributed by atoms with van der Waals surface area (Å²) in [5.74, 6) is -2.30. The van der Waals surface area contributed by atoms with E-state index in [1.807, 2.05) is 0 Å². The summed E-state index contributed by atoms with van der Waals surface area (Å²) in [7, 11) is 0. The van der Waals surface area contributed by atoms with E-state index >= 15 is 0 Å². The van der Waals surface area contributed by atoms with Crippen molar-refractivity contribution in [1.29, 1.82) is 0 Å². The fourth-order valence-electron chi connectivity index (χ4n) is 1.64. The van der Waals surface area contributed by atoms with Gasteiger partial charge in [-0.15, -0.1) is 0 Å². The van der Waals surface area contributed by atoms with Crippen molar-refractivity contribution in [2.45, 2.75) is 6.92 Å². The van der Waals surface area contributed by atoms with Crippen LogP contribution in [0, 0.1) is 12.7 Å². The first kappa shape index (κ1) is 13.7. The molecule has 5 nitrogen and oxygen atoms in total. The highest BCUT2D eigenvalue weighted by Crippen LogP contribution is 2.18. The monoisotopic (exact) mass is 274 g/mol. The first-order valence-corrected chi connectivity index (χ1v) is 5.74. The van der Waals surface area contributed by atoms with Gasteiger partial charge in [0.05, 0.1) is 17.4 Å². The molecule has 0 fully saturated rings. The van der Waals surface area contributed by atoms with Crippen molar-refractivity contribution in [3.05, 3.63) is 59.2 Å². The van der Waals surface area contributed by atoms with Crippen molar-refractivity contribution in [2.75, 3.05) is 5.32 Å². The molecule has 0 bridgehead atoms. The fourth-order valence-corrected chi connectivity index (χ4v) is 1.64. The third-order valence-electron chi connectivity index (χ3n) is 2.61. The molecule has 0 aliphatic carbocycles. The number of rotatable bonds is 3. The second kappa shape index (κ2) is 5.48. The molecule has 1 amide bonds. The van der Waals surface area contributed by atoms with E-state index in [-0.39, 0.29) is 16.9 Å². The number of carboxylic acids is 1. The number of aromatic nitrogens is 1. The number of aryl methyl sites for hydroxylation is 1. The molecular formula is C14H11FN2O3. The number of carbonyl (C=O) groups excluding carboxylic acids is 1. The molecule has 0 saturated heterocycles. The Morgan fingerprint density at radius 3 is 2.60 bits per heavy atom. The van der Waals surface area contributed by atoms with Crippen LogP contribution in [0.25, 0.3) is 0 Å². The number of hydrogen-bond acceptors (Lipinski definition) is 3. The van der Waals surface area contributed by atoms with Crippen LogP contribution >= 0.6 is 0 Å². The van der Waals surface area contributed by atoms with Gasteiger partial charge in [-0.3, -0.25) is 4.79 Å². The number of pyridine rings is 1. The summed E-state index contributed by atoms with van der Waals surface area (Å²) < 4.78 is 12.7. The SMILES string of the molecule is Cc1ccc(NC(=O)c2ccc(F)cn2)c(C(=O)O)c1. The molecule has 0 radical (unpaired) electrons. The third kappa shape index (κ3) is 2.97. The number of nitrogens with one attached hydrogen (secondary N) is 1. The zero-order valence-corrected chi connectivity index (χ0v) is 10.6. The molecule has 6 heteroatoms. The number of carboxylic acid groups (broad SMARTS) is 1. The molecule has 0 aliphatic rings. The number of hydrogen-bond donors (Lipinski definition) is 2. The van der Waals surface area contributed by atoms with Crippen molar-refractivity contribution in [2.24, 2.45) is 0 Å². The van der Waals surface area contributed by atoms with E-state index in [4.69, 9.17) is 5.11 Å². The summed E-state index contributed by atoms with van der Waals surface area (Å²) in [6.45, 7) is 1.75. The highest BCUT2D eigenvalue weighted by Gasteiger charge is 2.14. The molecule has 0 spiro atoms. The van der Waals surface area contributed by atoms with Crippen molar-refractivity contribution < 1.29 is 19.1 Å². The zero-order valence-electron chi connectivity index (χ0n) is 10.6. The van der Waals surface area contributed by atoms with E-state index in [1.54, 1.807) is 13.0 Å². The van der Waals surface area contributed by atoms with Crippen LogP contribution in [0.1, 0.15) is 26.4 Å². The summed E-state index contributed by atoms with van der Waals surface area (Å²) in [5.41, 5.74) is 0.920. The van der Waals surface area contributed by atoms with Gasteiger partial charge in [-0.25, -0.2) is 14.2 Å². The summed E-state index contributed by atoms with van der Waals surface area (Å²) in [6, 6.07) is 6.96. The Bertz CT molecular complexity index is 669. The van der Waals surface area contributed by atoms with Gasteiger partial charge in [0.1, 0.15) is 11.5 Å². The van der Waals surface area contributed by atoms with Gasteiger partial charge in [0.2, 0.25) is 0 Å². The average Bonchev–Trinajstić information content (AvgIpc) is 2.41. The Morgan fingerprint density at radius 2 is 2.00 bits per heavy atom. The first-order chi connectivity index (χ1) is 9.47. The molecule has 2 aromatic rings. The van der Waals surface area contributed by atoms with Gasteiger partial charge in [0, 0.05) is 0 Å². The Hall–Kier alpha value is -2.76. The highest BCUT2D eigenvalue weighted by molar-refractivity contribution is 6.06. The number of amides is 1. The van der Waals surface area contributed by atoms with Crippen LogP contribution in [0.4, 0.5) is 10.1 Å². The number of nitrogens with zero attached hydrogens (tertiary/aromatic N) is 1. The van der Waals surface area contributed by atoms with Crippen LogP contribution in [-0.4, -0.2) is 22.0 Å². The maximum absolute atomic E-state index is 12.7. The standard InChI is InChI=1S/C14H11FN2O3/c1-8-2-4-11(10(6-8)14(19)20)17-13(18)12-5-3-9(15)7-16-12/h2-7H,1H3,(H,17,18)(H,19,20).